The van der Waals surface area contributed by atoms with Crippen molar-refractivity contribution in [2.45, 2.75) is 4.90 Å². The van der Waals surface area contributed by atoms with Crippen LogP contribution in [0.4, 0.5) is 5.69 Å². The van der Waals surface area contributed by atoms with Crippen molar-refractivity contribution in [3.63, 3.8) is 0 Å². The fourth-order valence-electron chi connectivity index (χ4n) is 2.53. The van der Waals surface area contributed by atoms with Crippen LogP contribution < -0.4 is 5.32 Å². The van der Waals surface area contributed by atoms with Crippen LogP contribution in [0, 0.1) is 0 Å². The minimum atomic E-state index is -3.77. The second-order valence-corrected chi connectivity index (χ2v) is 8.31. The van der Waals surface area contributed by atoms with Gasteiger partial charge in [0.2, 0.25) is 15.9 Å². The number of nitrogens with one attached hydrogen (secondary N) is 1. The lowest BCUT2D eigenvalue weighted by atomic mass is 10.1. The van der Waals surface area contributed by atoms with E-state index in [-0.39, 0.29) is 11.4 Å². The number of amides is 1. The van der Waals surface area contributed by atoms with Gasteiger partial charge in [0.25, 0.3) is 0 Å². The lowest BCUT2D eigenvalue weighted by Gasteiger charge is -2.17. The first kappa shape index (κ1) is 18.4. The highest BCUT2D eigenvalue weighted by Crippen LogP contribution is 2.21. The van der Waals surface area contributed by atoms with E-state index in [9.17, 15) is 13.2 Å². The van der Waals surface area contributed by atoms with Crippen molar-refractivity contribution >= 4 is 44.0 Å². The number of likely N-dealkylation sites (N-methyl/N-ethyl adjacent to an activating group) is 1. The molecule has 0 aliphatic heterocycles. The Labute approximate surface area is 157 Å². The van der Waals surface area contributed by atoms with Crippen molar-refractivity contribution in [3.05, 3.63) is 71.8 Å². The summed E-state index contributed by atoms with van der Waals surface area (Å²) in [7, 11) is -2.39. The predicted molar refractivity (Wildman–Crippen MR) is 104 cm³/mol. The van der Waals surface area contributed by atoms with Crippen molar-refractivity contribution in [2.24, 2.45) is 0 Å². The van der Waals surface area contributed by atoms with Crippen molar-refractivity contribution in [1.29, 1.82) is 0 Å². The third kappa shape index (κ3) is 4.04. The van der Waals surface area contributed by atoms with Crippen LogP contribution in [0.3, 0.4) is 0 Å². The standard InChI is InChI=1S/C19H17ClN2O3S/c1-22(13-19(23)21-17-9-7-16(20)8-10-17)26(24,25)18-11-6-14-4-2-3-5-15(14)12-18/h2-12H,13H2,1H3,(H,21,23). The molecule has 3 aromatic carbocycles. The zero-order valence-corrected chi connectivity index (χ0v) is 15.6. The summed E-state index contributed by atoms with van der Waals surface area (Å²) in [5.74, 6) is -0.431. The lowest BCUT2D eigenvalue weighted by molar-refractivity contribution is -0.116. The van der Waals surface area contributed by atoms with Gasteiger partial charge in [-0.25, -0.2) is 8.42 Å². The molecule has 0 saturated heterocycles. The van der Waals surface area contributed by atoms with Crippen LogP contribution in [0.25, 0.3) is 10.8 Å². The number of carbonyl (C=O) groups is 1. The summed E-state index contributed by atoms with van der Waals surface area (Å²) in [6.45, 7) is -0.294. The molecule has 5 nitrogen and oxygen atoms in total. The second-order valence-electron chi connectivity index (χ2n) is 5.83. The fraction of sp³-hybridized carbons (Fsp3) is 0.105. The number of halogens is 1. The molecule has 3 aromatic rings. The maximum absolute atomic E-state index is 12.7. The van der Waals surface area contributed by atoms with Crippen molar-refractivity contribution in [1.82, 2.24) is 4.31 Å². The largest absolute Gasteiger partial charge is 0.325 e. The molecule has 26 heavy (non-hydrogen) atoms. The summed E-state index contributed by atoms with van der Waals surface area (Å²) in [6, 6.07) is 19.0. The van der Waals surface area contributed by atoms with Gasteiger partial charge in [-0.05, 0) is 47.2 Å². The predicted octanol–water partition coefficient (Wildman–Crippen LogP) is 3.75. The molecule has 7 heteroatoms. The van der Waals surface area contributed by atoms with Crippen LogP contribution in [0.15, 0.2) is 71.6 Å². The maximum atomic E-state index is 12.7. The highest BCUT2D eigenvalue weighted by molar-refractivity contribution is 7.89. The number of benzene rings is 3. The van der Waals surface area contributed by atoms with E-state index in [2.05, 4.69) is 5.32 Å². The lowest BCUT2D eigenvalue weighted by Crippen LogP contribution is -2.34. The van der Waals surface area contributed by atoms with Gasteiger partial charge in [-0.1, -0.05) is 41.9 Å². The van der Waals surface area contributed by atoms with E-state index in [0.717, 1.165) is 15.1 Å². The Bertz CT molecular complexity index is 1050. The molecule has 0 aromatic heterocycles. The molecular formula is C19H17ClN2O3S. The van der Waals surface area contributed by atoms with E-state index in [1.54, 1.807) is 42.5 Å². The van der Waals surface area contributed by atoms with Gasteiger partial charge in [-0.2, -0.15) is 4.31 Å². The Balaban J connectivity index is 1.75. The van der Waals surface area contributed by atoms with E-state index in [0.29, 0.717) is 10.7 Å². The Morgan fingerprint density at radius 2 is 1.65 bits per heavy atom. The first-order valence-corrected chi connectivity index (χ1v) is 9.68. The van der Waals surface area contributed by atoms with Crippen LogP contribution in [0.1, 0.15) is 0 Å². The third-order valence-electron chi connectivity index (χ3n) is 3.92. The average Bonchev–Trinajstić information content (AvgIpc) is 2.63. The van der Waals surface area contributed by atoms with Crippen molar-refractivity contribution in [2.75, 3.05) is 18.9 Å². The SMILES string of the molecule is CN(CC(=O)Nc1ccc(Cl)cc1)S(=O)(=O)c1ccc2ccccc2c1. The summed E-state index contributed by atoms with van der Waals surface area (Å²) in [5, 5.41) is 4.98. The topological polar surface area (TPSA) is 66.5 Å². The normalized spacial score (nSPS) is 11.7. The van der Waals surface area contributed by atoms with E-state index >= 15 is 0 Å². The van der Waals surface area contributed by atoms with Crippen LogP contribution in [-0.2, 0) is 14.8 Å². The maximum Gasteiger partial charge on any atom is 0.243 e. The van der Waals surface area contributed by atoms with Gasteiger partial charge in [0.15, 0.2) is 0 Å². The number of hydrogen-bond acceptors (Lipinski definition) is 3. The molecule has 1 N–H and O–H groups in total. The van der Waals surface area contributed by atoms with Gasteiger partial charge in [-0.3, -0.25) is 4.79 Å². The summed E-state index contributed by atoms with van der Waals surface area (Å²) < 4.78 is 26.5. The van der Waals surface area contributed by atoms with E-state index in [4.69, 9.17) is 11.6 Å². The minimum Gasteiger partial charge on any atom is -0.325 e. The van der Waals surface area contributed by atoms with E-state index in [1.165, 1.54) is 7.05 Å². The van der Waals surface area contributed by atoms with Gasteiger partial charge in [0.05, 0.1) is 11.4 Å². The van der Waals surface area contributed by atoms with Crippen molar-refractivity contribution < 1.29 is 13.2 Å². The number of nitrogens with zero attached hydrogens (tertiary/aromatic N) is 1. The van der Waals surface area contributed by atoms with Gasteiger partial charge in [0, 0.05) is 17.8 Å². The molecule has 0 atom stereocenters. The second kappa shape index (κ2) is 7.45. The van der Waals surface area contributed by atoms with Gasteiger partial charge >= 0.3 is 0 Å². The molecule has 1 amide bonds. The molecular weight excluding hydrogens is 372 g/mol. The monoisotopic (exact) mass is 388 g/mol. The fourth-order valence-corrected chi connectivity index (χ4v) is 3.82. The molecule has 3 rings (SSSR count). The molecule has 0 bridgehead atoms. The molecule has 0 radical (unpaired) electrons. The highest BCUT2D eigenvalue weighted by atomic mass is 35.5. The average molecular weight is 389 g/mol. The van der Waals surface area contributed by atoms with Crippen LogP contribution >= 0.6 is 11.6 Å². The van der Waals surface area contributed by atoms with Gasteiger partial charge < -0.3 is 5.32 Å². The molecule has 0 saturated carbocycles. The molecule has 134 valence electrons. The van der Waals surface area contributed by atoms with Crippen LogP contribution in [0.5, 0.6) is 0 Å². The minimum absolute atomic E-state index is 0.151. The summed E-state index contributed by atoms with van der Waals surface area (Å²) >= 11 is 5.80. The zero-order chi connectivity index (χ0) is 18.7. The Morgan fingerprint density at radius 1 is 1.00 bits per heavy atom. The molecule has 0 unspecified atom stereocenters. The number of sulfonamides is 1. The Hall–Kier alpha value is -2.41. The highest BCUT2D eigenvalue weighted by Gasteiger charge is 2.23. The summed E-state index contributed by atoms with van der Waals surface area (Å²) in [4.78, 5) is 12.3. The first-order chi connectivity index (χ1) is 12.4. The number of fused-ring (bicyclic) bond motifs is 1. The number of hydrogen-bond donors (Lipinski definition) is 1. The molecule has 0 aliphatic rings. The van der Waals surface area contributed by atoms with Gasteiger partial charge in [0.1, 0.15) is 0 Å². The Morgan fingerprint density at radius 3 is 2.35 bits per heavy atom. The van der Waals surface area contributed by atoms with Crippen LogP contribution in [-0.4, -0.2) is 32.2 Å². The zero-order valence-electron chi connectivity index (χ0n) is 14.0. The molecule has 0 spiro atoms. The van der Waals surface area contributed by atoms with Crippen LogP contribution in [0.2, 0.25) is 5.02 Å². The number of anilines is 1. The summed E-state index contributed by atoms with van der Waals surface area (Å²) in [5.41, 5.74) is 0.552. The van der Waals surface area contributed by atoms with Gasteiger partial charge in [-0.15, -0.1) is 0 Å². The third-order valence-corrected chi connectivity index (χ3v) is 5.97. The Kier molecular flexibility index (Phi) is 5.27. The van der Waals surface area contributed by atoms with E-state index in [1.807, 2.05) is 24.3 Å². The quantitative estimate of drug-likeness (QED) is 0.723. The molecule has 0 fully saturated rings. The van der Waals surface area contributed by atoms with Crippen molar-refractivity contribution in [3.8, 4) is 0 Å². The molecule has 0 heterocycles. The smallest absolute Gasteiger partial charge is 0.243 e. The number of rotatable bonds is 5. The van der Waals surface area contributed by atoms with E-state index < -0.39 is 15.9 Å². The molecule has 0 aliphatic carbocycles. The first-order valence-electron chi connectivity index (χ1n) is 7.87. The number of carbonyl (C=O) groups excluding carboxylic acids is 1. The summed E-state index contributed by atoms with van der Waals surface area (Å²) in [6.07, 6.45) is 0.